The van der Waals surface area contributed by atoms with Gasteiger partial charge in [0.15, 0.2) is 6.29 Å². The van der Waals surface area contributed by atoms with Gasteiger partial charge in [-0.25, -0.2) is 0 Å². The Morgan fingerprint density at radius 1 is 1.17 bits per heavy atom. The van der Waals surface area contributed by atoms with Gasteiger partial charge in [0.25, 0.3) is 0 Å². The van der Waals surface area contributed by atoms with Crippen molar-refractivity contribution >= 4 is 17.9 Å². The van der Waals surface area contributed by atoms with Gasteiger partial charge in [0, 0.05) is 31.6 Å². The summed E-state index contributed by atoms with van der Waals surface area (Å²) in [7, 11) is 0. The van der Waals surface area contributed by atoms with Crippen LogP contribution in [0.2, 0.25) is 0 Å². The summed E-state index contributed by atoms with van der Waals surface area (Å²) < 4.78 is 0. The standard InChI is InChI=1S/C14H16N2O2/c17-9-12-5-10-7-15-8-11(10)6-13(12)16-4-2-1-3-14(16)18/h5-6,9,15H,1-4,7-8H2. The van der Waals surface area contributed by atoms with Gasteiger partial charge < -0.3 is 10.2 Å². The van der Waals surface area contributed by atoms with Gasteiger partial charge in [-0.1, -0.05) is 0 Å². The van der Waals surface area contributed by atoms with E-state index < -0.39 is 0 Å². The number of hydrogen-bond acceptors (Lipinski definition) is 3. The van der Waals surface area contributed by atoms with E-state index in [-0.39, 0.29) is 5.91 Å². The van der Waals surface area contributed by atoms with Crippen molar-refractivity contribution in [3.05, 3.63) is 28.8 Å². The second kappa shape index (κ2) is 4.53. The maximum atomic E-state index is 12.0. The van der Waals surface area contributed by atoms with Gasteiger partial charge in [0.2, 0.25) is 5.91 Å². The van der Waals surface area contributed by atoms with Gasteiger partial charge in [0.05, 0.1) is 5.69 Å². The lowest BCUT2D eigenvalue weighted by Gasteiger charge is -2.28. The first-order valence-electron chi connectivity index (χ1n) is 6.41. The fourth-order valence-electron chi connectivity index (χ4n) is 2.75. The van der Waals surface area contributed by atoms with E-state index in [4.69, 9.17) is 0 Å². The lowest BCUT2D eigenvalue weighted by Crippen LogP contribution is -2.36. The Bertz CT molecular complexity index is 511. The highest BCUT2D eigenvalue weighted by Crippen LogP contribution is 2.29. The van der Waals surface area contributed by atoms with Crippen molar-refractivity contribution in [2.75, 3.05) is 11.4 Å². The average Bonchev–Trinajstić information content (AvgIpc) is 2.85. The van der Waals surface area contributed by atoms with Gasteiger partial charge in [-0.3, -0.25) is 9.59 Å². The fourth-order valence-corrected chi connectivity index (χ4v) is 2.75. The molecule has 3 rings (SSSR count). The summed E-state index contributed by atoms with van der Waals surface area (Å²) in [5.74, 6) is 0.134. The molecule has 0 unspecified atom stereocenters. The van der Waals surface area contributed by atoms with Crippen LogP contribution in [-0.4, -0.2) is 18.7 Å². The van der Waals surface area contributed by atoms with E-state index in [2.05, 4.69) is 5.32 Å². The number of aldehydes is 1. The van der Waals surface area contributed by atoms with Crippen molar-refractivity contribution in [1.82, 2.24) is 5.32 Å². The predicted molar refractivity (Wildman–Crippen MR) is 68.6 cm³/mol. The highest BCUT2D eigenvalue weighted by molar-refractivity contribution is 5.99. The molecule has 4 nitrogen and oxygen atoms in total. The van der Waals surface area contributed by atoms with Gasteiger partial charge in [-0.05, 0) is 36.1 Å². The average molecular weight is 244 g/mol. The summed E-state index contributed by atoms with van der Waals surface area (Å²) in [6.07, 6.45) is 3.42. The molecule has 2 aliphatic heterocycles. The summed E-state index contributed by atoms with van der Waals surface area (Å²) in [4.78, 5) is 24.9. The number of rotatable bonds is 2. The van der Waals surface area contributed by atoms with Crippen LogP contribution >= 0.6 is 0 Å². The van der Waals surface area contributed by atoms with Crippen LogP contribution < -0.4 is 10.2 Å². The quantitative estimate of drug-likeness (QED) is 0.804. The van der Waals surface area contributed by atoms with Gasteiger partial charge in [-0.2, -0.15) is 0 Å². The predicted octanol–water partition coefficient (Wildman–Crippen LogP) is 1.62. The molecule has 1 saturated heterocycles. The van der Waals surface area contributed by atoms with Gasteiger partial charge in [-0.15, -0.1) is 0 Å². The lowest BCUT2D eigenvalue weighted by molar-refractivity contribution is -0.119. The van der Waals surface area contributed by atoms with Gasteiger partial charge >= 0.3 is 0 Å². The molecular formula is C14H16N2O2. The zero-order chi connectivity index (χ0) is 12.5. The van der Waals surface area contributed by atoms with Crippen molar-refractivity contribution in [3.8, 4) is 0 Å². The van der Waals surface area contributed by atoms with E-state index in [0.29, 0.717) is 12.0 Å². The third-order valence-electron chi connectivity index (χ3n) is 3.72. The summed E-state index contributed by atoms with van der Waals surface area (Å²) in [6.45, 7) is 2.36. The van der Waals surface area contributed by atoms with E-state index in [0.717, 1.165) is 44.4 Å². The number of nitrogens with zero attached hydrogens (tertiary/aromatic N) is 1. The van der Waals surface area contributed by atoms with Crippen molar-refractivity contribution in [2.24, 2.45) is 0 Å². The third kappa shape index (κ3) is 1.82. The van der Waals surface area contributed by atoms with E-state index in [1.54, 1.807) is 4.90 Å². The molecule has 1 aromatic carbocycles. The van der Waals surface area contributed by atoms with Crippen LogP contribution in [0.5, 0.6) is 0 Å². The van der Waals surface area contributed by atoms with Crippen molar-refractivity contribution in [3.63, 3.8) is 0 Å². The number of nitrogens with one attached hydrogen (secondary N) is 1. The molecule has 2 aliphatic rings. The molecular weight excluding hydrogens is 228 g/mol. The van der Waals surface area contributed by atoms with Crippen LogP contribution in [0.25, 0.3) is 0 Å². The van der Waals surface area contributed by atoms with E-state index >= 15 is 0 Å². The minimum Gasteiger partial charge on any atom is -0.312 e. The first-order valence-corrected chi connectivity index (χ1v) is 6.41. The molecule has 0 radical (unpaired) electrons. The summed E-state index contributed by atoms with van der Waals surface area (Å²) in [5, 5.41) is 3.26. The fraction of sp³-hybridized carbons (Fsp3) is 0.429. The van der Waals surface area contributed by atoms with Crippen LogP contribution in [0, 0.1) is 0 Å². The molecule has 0 atom stereocenters. The monoisotopic (exact) mass is 244 g/mol. The molecule has 0 saturated carbocycles. The number of benzene rings is 1. The molecule has 0 bridgehead atoms. The Morgan fingerprint density at radius 3 is 2.67 bits per heavy atom. The number of carbonyl (C=O) groups excluding carboxylic acids is 2. The molecule has 0 aromatic heterocycles. The topological polar surface area (TPSA) is 49.4 Å². The van der Waals surface area contributed by atoms with Crippen LogP contribution in [0.15, 0.2) is 12.1 Å². The summed E-state index contributed by atoms with van der Waals surface area (Å²) >= 11 is 0. The number of amides is 1. The first kappa shape index (κ1) is 11.4. The number of carbonyl (C=O) groups is 2. The van der Waals surface area contributed by atoms with E-state index in [1.165, 1.54) is 11.1 Å². The molecule has 2 heterocycles. The molecule has 1 amide bonds. The summed E-state index contributed by atoms with van der Waals surface area (Å²) in [5.41, 5.74) is 3.80. The van der Waals surface area contributed by atoms with Crippen molar-refractivity contribution < 1.29 is 9.59 Å². The molecule has 1 fully saturated rings. The molecule has 0 aliphatic carbocycles. The molecule has 0 spiro atoms. The number of piperidine rings is 1. The highest BCUT2D eigenvalue weighted by atomic mass is 16.2. The largest absolute Gasteiger partial charge is 0.312 e. The summed E-state index contributed by atoms with van der Waals surface area (Å²) in [6, 6.07) is 3.92. The second-order valence-corrected chi connectivity index (χ2v) is 4.90. The molecule has 1 aromatic rings. The Kier molecular flexibility index (Phi) is 2.88. The molecule has 18 heavy (non-hydrogen) atoms. The third-order valence-corrected chi connectivity index (χ3v) is 3.72. The SMILES string of the molecule is O=Cc1cc2c(cc1N1CCCCC1=O)CNC2. The van der Waals surface area contributed by atoms with Crippen LogP contribution in [0.1, 0.15) is 40.7 Å². The van der Waals surface area contributed by atoms with Crippen LogP contribution in [0.4, 0.5) is 5.69 Å². The Balaban J connectivity index is 2.04. The zero-order valence-electron chi connectivity index (χ0n) is 10.2. The molecule has 4 heteroatoms. The van der Waals surface area contributed by atoms with Crippen molar-refractivity contribution in [1.29, 1.82) is 0 Å². The minimum absolute atomic E-state index is 0.134. The van der Waals surface area contributed by atoms with Crippen molar-refractivity contribution in [2.45, 2.75) is 32.4 Å². The molecule has 94 valence electrons. The number of anilines is 1. The Hall–Kier alpha value is -1.68. The number of hydrogen-bond donors (Lipinski definition) is 1. The second-order valence-electron chi connectivity index (χ2n) is 4.90. The highest BCUT2D eigenvalue weighted by Gasteiger charge is 2.24. The van der Waals surface area contributed by atoms with Gasteiger partial charge in [0.1, 0.15) is 0 Å². The smallest absolute Gasteiger partial charge is 0.226 e. The minimum atomic E-state index is 0.134. The Labute approximate surface area is 106 Å². The maximum Gasteiger partial charge on any atom is 0.226 e. The number of fused-ring (bicyclic) bond motifs is 1. The normalized spacial score (nSPS) is 18.9. The first-order chi connectivity index (χ1) is 8.79. The van der Waals surface area contributed by atoms with E-state index in [9.17, 15) is 9.59 Å². The van der Waals surface area contributed by atoms with Crippen LogP contribution in [0.3, 0.4) is 0 Å². The Morgan fingerprint density at radius 2 is 1.94 bits per heavy atom. The maximum absolute atomic E-state index is 12.0. The lowest BCUT2D eigenvalue weighted by atomic mass is 10.0. The zero-order valence-corrected chi connectivity index (χ0v) is 10.2. The van der Waals surface area contributed by atoms with Crippen LogP contribution in [-0.2, 0) is 17.9 Å². The van der Waals surface area contributed by atoms with E-state index in [1.807, 2.05) is 12.1 Å². The molecule has 1 N–H and O–H groups in total.